The van der Waals surface area contributed by atoms with E-state index in [9.17, 15) is 9.90 Å². The van der Waals surface area contributed by atoms with Gasteiger partial charge < -0.3 is 14.8 Å². The van der Waals surface area contributed by atoms with Crippen LogP contribution in [0.5, 0.6) is 5.75 Å². The molecular formula is C17H14N2O3. The van der Waals surface area contributed by atoms with E-state index in [0.717, 1.165) is 0 Å². The monoisotopic (exact) mass is 294 g/mol. The summed E-state index contributed by atoms with van der Waals surface area (Å²) in [5, 5.41) is 10.1. The largest absolute Gasteiger partial charge is 0.507 e. The SMILES string of the molecule is COc1ccc2[nH]c(=O)c(/C=C(/O)c3ccccc3)nc2c1. The minimum absolute atomic E-state index is 0.0131. The van der Waals surface area contributed by atoms with Gasteiger partial charge in [-0.2, -0.15) is 0 Å². The lowest BCUT2D eigenvalue weighted by molar-refractivity contribution is 0.415. The standard InChI is InChI=1S/C17H14N2O3/c1-22-12-7-8-13-14(9-12)18-15(17(21)19-13)10-16(20)11-5-3-2-4-6-11/h2-10,20H,1H3,(H,19,21)/b16-10+. The lowest BCUT2D eigenvalue weighted by Crippen LogP contribution is -2.12. The first-order chi connectivity index (χ1) is 10.7. The highest BCUT2D eigenvalue weighted by atomic mass is 16.5. The van der Waals surface area contributed by atoms with Crippen molar-refractivity contribution in [3.05, 3.63) is 70.1 Å². The zero-order chi connectivity index (χ0) is 15.5. The Hall–Kier alpha value is -3.08. The van der Waals surface area contributed by atoms with Crippen LogP contribution in [0.25, 0.3) is 22.9 Å². The van der Waals surface area contributed by atoms with Crippen LogP contribution in [-0.4, -0.2) is 22.2 Å². The number of aromatic amines is 1. The first-order valence-corrected chi connectivity index (χ1v) is 6.71. The third-order valence-electron chi connectivity index (χ3n) is 3.27. The molecule has 0 aliphatic heterocycles. The van der Waals surface area contributed by atoms with E-state index in [2.05, 4.69) is 9.97 Å². The van der Waals surface area contributed by atoms with Crippen molar-refractivity contribution in [2.75, 3.05) is 7.11 Å². The van der Waals surface area contributed by atoms with E-state index in [4.69, 9.17) is 4.74 Å². The number of hydrogen-bond acceptors (Lipinski definition) is 4. The first kappa shape index (κ1) is 13.9. The molecule has 5 nitrogen and oxygen atoms in total. The van der Waals surface area contributed by atoms with Gasteiger partial charge in [-0.25, -0.2) is 4.98 Å². The summed E-state index contributed by atoms with van der Waals surface area (Å²) in [7, 11) is 1.56. The number of nitrogens with one attached hydrogen (secondary N) is 1. The summed E-state index contributed by atoms with van der Waals surface area (Å²) in [4.78, 5) is 19.1. The van der Waals surface area contributed by atoms with E-state index < -0.39 is 0 Å². The van der Waals surface area contributed by atoms with Crippen LogP contribution in [0.3, 0.4) is 0 Å². The van der Waals surface area contributed by atoms with E-state index in [-0.39, 0.29) is 17.0 Å². The van der Waals surface area contributed by atoms with Gasteiger partial charge in [0.25, 0.3) is 5.56 Å². The number of methoxy groups -OCH3 is 1. The Morgan fingerprint density at radius 3 is 2.73 bits per heavy atom. The van der Waals surface area contributed by atoms with Crippen LogP contribution in [0.15, 0.2) is 53.3 Å². The van der Waals surface area contributed by atoms with Crippen LogP contribution >= 0.6 is 0 Å². The molecule has 0 atom stereocenters. The summed E-state index contributed by atoms with van der Waals surface area (Å²) < 4.78 is 5.15. The average Bonchev–Trinajstić information content (AvgIpc) is 2.56. The Balaban J connectivity index is 2.10. The molecule has 3 rings (SSSR count). The number of aliphatic hydroxyl groups excluding tert-OH is 1. The number of aliphatic hydroxyl groups is 1. The fraction of sp³-hybridized carbons (Fsp3) is 0.0588. The van der Waals surface area contributed by atoms with Gasteiger partial charge in [0.1, 0.15) is 17.2 Å². The third kappa shape index (κ3) is 2.69. The van der Waals surface area contributed by atoms with Gasteiger partial charge >= 0.3 is 0 Å². The quantitative estimate of drug-likeness (QED) is 0.728. The molecule has 0 fully saturated rings. The van der Waals surface area contributed by atoms with Crippen molar-refractivity contribution in [1.82, 2.24) is 9.97 Å². The van der Waals surface area contributed by atoms with E-state index in [1.54, 1.807) is 37.4 Å². The van der Waals surface area contributed by atoms with Crippen molar-refractivity contribution in [2.45, 2.75) is 0 Å². The second-order valence-corrected chi connectivity index (χ2v) is 4.73. The van der Waals surface area contributed by atoms with Crippen LogP contribution in [0.2, 0.25) is 0 Å². The number of H-pyrrole nitrogens is 1. The molecule has 0 amide bonds. The summed E-state index contributed by atoms with van der Waals surface area (Å²) in [6.45, 7) is 0. The zero-order valence-electron chi connectivity index (χ0n) is 11.9. The van der Waals surface area contributed by atoms with Crippen LogP contribution in [-0.2, 0) is 0 Å². The number of nitrogens with zero attached hydrogens (tertiary/aromatic N) is 1. The lowest BCUT2D eigenvalue weighted by atomic mass is 10.1. The Bertz CT molecular complexity index is 899. The highest BCUT2D eigenvalue weighted by Gasteiger charge is 2.06. The molecule has 0 saturated carbocycles. The molecule has 0 aliphatic carbocycles. The lowest BCUT2D eigenvalue weighted by Gasteiger charge is -2.03. The van der Waals surface area contributed by atoms with Crippen molar-refractivity contribution in [1.29, 1.82) is 0 Å². The number of rotatable bonds is 3. The van der Waals surface area contributed by atoms with Gasteiger partial charge in [0.15, 0.2) is 0 Å². The van der Waals surface area contributed by atoms with Gasteiger partial charge in [0.2, 0.25) is 0 Å². The van der Waals surface area contributed by atoms with Gasteiger partial charge in [0, 0.05) is 17.7 Å². The van der Waals surface area contributed by atoms with Crippen molar-refractivity contribution in [3.8, 4) is 5.75 Å². The van der Waals surface area contributed by atoms with E-state index >= 15 is 0 Å². The highest BCUT2D eigenvalue weighted by Crippen LogP contribution is 2.18. The molecule has 110 valence electrons. The number of hydrogen-bond donors (Lipinski definition) is 2. The van der Waals surface area contributed by atoms with E-state index in [0.29, 0.717) is 22.3 Å². The van der Waals surface area contributed by atoms with E-state index in [1.165, 1.54) is 6.08 Å². The number of benzene rings is 2. The third-order valence-corrected chi connectivity index (χ3v) is 3.27. The predicted octanol–water partition coefficient (Wildman–Crippen LogP) is 2.99. The van der Waals surface area contributed by atoms with Crippen molar-refractivity contribution in [3.63, 3.8) is 0 Å². The summed E-state index contributed by atoms with van der Waals surface area (Å²) in [6.07, 6.45) is 1.35. The molecule has 3 aromatic rings. The maximum atomic E-state index is 12.0. The first-order valence-electron chi connectivity index (χ1n) is 6.71. The molecule has 1 heterocycles. The Kier molecular flexibility index (Phi) is 3.62. The minimum atomic E-state index is -0.361. The highest BCUT2D eigenvalue weighted by molar-refractivity contribution is 5.80. The van der Waals surface area contributed by atoms with Gasteiger partial charge in [-0.05, 0) is 12.1 Å². The summed E-state index contributed by atoms with van der Waals surface area (Å²) in [5.41, 5.74) is 1.60. The van der Waals surface area contributed by atoms with Crippen LogP contribution < -0.4 is 10.3 Å². The molecular weight excluding hydrogens is 280 g/mol. The molecule has 5 heteroatoms. The normalized spacial score (nSPS) is 11.6. The zero-order valence-corrected chi connectivity index (χ0v) is 11.9. The molecule has 1 aromatic heterocycles. The Labute approximate surface area is 126 Å². The maximum Gasteiger partial charge on any atom is 0.274 e. The number of ether oxygens (including phenoxy) is 1. The van der Waals surface area contributed by atoms with Crippen LogP contribution in [0.1, 0.15) is 11.3 Å². The molecule has 2 N–H and O–H groups in total. The summed E-state index contributed by atoms with van der Waals surface area (Å²) in [6, 6.07) is 14.2. The molecule has 22 heavy (non-hydrogen) atoms. The molecule has 0 saturated heterocycles. The molecule has 0 radical (unpaired) electrons. The van der Waals surface area contributed by atoms with Crippen LogP contribution in [0, 0.1) is 0 Å². The van der Waals surface area contributed by atoms with Crippen molar-refractivity contribution in [2.24, 2.45) is 0 Å². The van der Waals surface area contributed by atoms with Crippen LogP contribution in [0.4, 0.5) is 0 Å². The Morgan fingerprint density at radius 2 is 2.00 bits per heavy atom. The molecule has 0 bridgehead atoms. The summed E-state index contributed by atoms with van der Waals surface area (Å²) in [5.74, 6) is 0.634. The topological polar surface area (TPSA) is 75.2 Å². The molecule has 0 spiro atoms. The smallest absolute Gasteiger partial charge is 0.274 e. The summed E-state index contributed by atoms with van der Waals surface area (Å²) >= 11 is 0. The maximum absolute atomic E-state index is 12.0. The molecule has 0 unspecified atom stereocenters. The second-order valence-electron chi connectivity index (χ2n) is 4.73. The molecule has 0 aliphatic rings. The van der Waals surface area contributed by atoms with Gasteiger partial charge in [-0.1, -0.05) is 30.3 Å². The average molecular weight is 294 g/mol. The fourth-order valence-corrected chi connectivity index (χ4v) is 2.12. The van der Waals surface area contributed by atoms with E-state index in [1.807, 2.05) is 18.2 Å². The van der Waals surface area contributed by atoms with Gasteiger partial charge in [0.05, 0.1) is 18.1 Å². The second kappa shape index (κ2) is 5.73. The minimum Gasteiger partial charge on any atom is -0.507 e. The number of aromatic nitrogens is 2. The molecule has 2 aromatic carbocycles. The van der Waals surface area contributed by atoms with Crippen molar-refractivity contribution < 1.29 is 9.84 Å². The van der Waals surface area contributed by atoms with Crippen molar-refractivity contribution >= 4 is 22.9 Å². The van der Waals surface area contributed by atoms with Gasteiger partial charge in [-0.3, -0.25) is 4.79 Å². The Morgan fingerprint density at radius 1 is 1.23 bits per heavy atom. The van der Waals surface area contributed by atoms with Gasteiger partial charge in [-0.15, -0.1) is 0 Å². The number of fused-ring (bicyclic) bond motifs is 1. The fourth-order valence-electron chi connectivity index (χ4n) is 2.12. The predicted molar refractivity (Wildman–Crippen MR) is 85.9 cm³/mol.